The predicted octanol–water partition coefficient (Wildman–Crippen LogP) is 2.49. The first-order valence-corrected chi connectivity index (χ1v) is 5.33. The Hall–Kier alpha value is -2.23. The molecular formula is C13H13NO3. The van der Waals surface area contributed by atoms with Crippen LogP contribution in [-0.2, 0) is 0 Å². The van der Waals surface area contributed by atoms with Crippen LogP contribution in [0.25, 0.3) is 0 Å². The predicted molar refractivity (Wildman–Crippen MR) is 64.2 cm³/mol. The summed E-state index contributed by atoms with van der Waals surface area (Å²) < 4.78 is 10.3. The van der Waals surface area contributed by atoms with Crippen LogP contribution in [0.1, 0.15) is 23.0 Å². The minimum absolute atomic E-state index is 0.190. The number of ether oxygens (including phenoxy) is 1. The fourth-order valence-electron chi connectivity index (χ4n) is 1.53. The second kappa shape index (κ2) is 4.74. The first-order chi connectivity index (χ1) is 8.22. The number of hydrogen-bond donors (Lipinski definition) is 1. The van der Waals surface area contributed by atoms with E-state index in [4.69, 9.17) is 14.9 Å². The van der Waals surface area contributed by atoms with Crippen LogP contribution >= 0.6 is 0 Å². The Labute approximate surface area is 99.0 Å². The Morgan fingerprint density at radius 1 is 1.41 bits per heavy atom. The molecule has 2 N–H and O–H groups in total. The fraction of sp³-hybridized carbons (Fsp3) is 0.154. The zero-order valence-corrected chi connectivity index (χ0v) is 9.47. The van der Waals surface area contributed by atoms with E-state index in [9.17, 15) is 4.79 Å². The van der Waals surface area contributed by atoms with E-state index in [-0.39, 0.29) is 5.78 Å². The van der Waals surface area contributed by atoms with Crippen molar-refractivity contribution in [3.63, 3.8) is 0 Å². The van der Waals surface area contributed by atoms with E-state index >= 15 is 0 Å². The van der Waals surface area contributed by atoms with E-state index in [0.717, 1.165) is 0 Å². The van der Waals surface area contributed by atoms with Crippen molar-refractivity contribution < 1.29 is 13.9 Å². The van der Waals surface area contributed by atoms with E-state index < -0.39 is 0 Å². The molecule has 0 radical (unpaired) electrons. The van der Waals surface area contributed by atoms with Gasteiger partial charge < -0.3 is 14.9 Å². The fourth-order valence-corrected chi connectivity index (χ4v) is 1.53. The lowest BCUT2D eigenvalue weighted by Crippen LogP contribution is -2.03. The summed E-state index contributed by atoms with van der Waals surface area (Å²) in [4.78, 5) is 11.9. The summed E-state index contributed by atoms with van der Waals surface area (Å²) in [7, 11) is 0. The molecule has 0 aliphatic heterocycles. The summed E-state index contributed by atoms with van der Waals surface area (Å²) >= 11 is 0. The highest BCUT2D eigenvalue weighted by Crippen LogP contribution is 2.23. The molecule has 1 aromatic carbocycles. The Balaban J connectivity index is 2.29. The maximum Gasteiger partial charge on any atom is 0.228 e. The molecule has 0 fully saturated rings. The number of carbonyl (C=O) groups is 1. The van der Waals surface area contributed by atoms with Crippen molar-refractivity contribution in [3.05, 3.63) is 47.9 Å². The zero-order valence-electron chi connectivity index (χ0n) is 9.47. The Morgan fingerprint density at radius 2 is 2.24 bits per heavy atom. The van der Waals surface area contributed by atoms with E-state index in [1.807, 2.05) is 6.92 Å². The monoisotopic (exact) mass is 231 g/mol. The van der Waals surface area contributed by atoms with Gasteiger partial charge in [0.25, 0.3) is 0 Å². The Bertz CT molecular complexity index is 517. The van der Waals surface area contributed by atoms with Gasteiger partial charge in [-0.05, 0) is 37.3 Å². The van der Waals surface area contributed by atoms with Crippen LogP contribution in [-0.4, -0.2) is 12.4 Å². The Morgan fingerprint density at radius 3 is 2.82 bits per heavy atom. The van der Waals surface area contributed by atoms with Gasteiger partial charge in [-0.25, -0.2) is 0 Å². The van der Waals surface area contributed by atoms with Gasteiger partial charge in [-0.2, -0.15) is 0 Å². The molecule has 0 spiro atoms. The van der Waals surface area contributed by atoms with Gasteiger partial charge in [-0.3, -0.25) is 4.79 Å². The van der Waals surface area contributed by atoms with Crippen molar-refractivity contribution in [1.82, 2.24) is 0 Å². The molecule has 1 aromatic heterocycles. The van der Waals surface area contributed by atoms with Crippen LogP contribution < -0.4 is 10.5 Å². The number of benzene rings is 1. The molecule has 0 saturated carbocycles. The van der Waals surface area contributed by atoms with Gasteiger partial charge in [0.05, 0.1) is 18.6 Å². The van der Waals surface area contributed by atoms with Gasteiger partial charge in [0.15, 0.2) is 5.76 Å². The van der Waals surface area contributed by atoms with Crippen LogP contribution in [0.4, 0.5) is 5.69 Å². The lowest BCUT2D eigenvalue weighted by Gasteiger charge is -2.07. The first kappa shape index (κ1) is 11.3. The number of carbonyl (C=O) groups excluding carboxylic acids is 1. The molecule has 0 atom stereocenters. The number of ketones is 1. The third-order valence-corrected chi connectivity index (χ3v) is 2.32. The third-order valence-electron chi connectivity index (χ3n) is 2.32. The van der Waals surface area contributed by atoms with Crippen molar-refractivity contribution >= 4 is 11.5 Å². The van der Waals surface area contributed by atoms with Crippen molar-refractivity contribution in [2.24, 2.45) is 0 Å². The van der Waals surface area contributed by atoms with E-state index in [1.165, 1.54) is 6.26 Å². The Kier molecular flexibility index (Phi) is 3.14. The van der Waals surface area contributed by atoms with E-state index in [0.29, 0.717) is 29.4 Å². The summed E-state index contributed by atoms with van der Waals surface area (Å²) in [5.74, 6) is 0.696. The number of anilines is 1. The number of hydrogen-bond acceptors (Lipinski definition) is 4. The molecule has 17 heavy (non-hydrogen) atoms. The minimum atomic E-state index is -0.190. The molecule has 2 aromatic rings. The molecular weight excluding hydrogens is 218 g/mol. The maximum absolute atomic E-state index is 11.9. The molecule has 0 saturated heterocycles. The lowest BCUT2D eigenvalue weighted by molar-refractivity contribution is 0.101. The van der Waals surface area contributed by atoms with Crippen LogP contribution in [0.3, 0.4) is 0 Å². The first-order valence-electron chi connectivity index (χ1n) is 5.33. The second-order valence-electron chi connectivity index (χ2n) is 3.49. The number of nitrogens with two attached hydrogens (primary N) is 1. The van der Waals surface area contributed by atoms with Gasteiger partial charge in [0.1, 0.15) is 5.75 Å². The van der Waals surface area contributed by atoms with Crippen LogP contribution in [0.15, 0.2) is 41.0 Å². The van der Waals surface area contributed by atoms with Crippen molar-refractivity contribution in [3.8, 4) is 5.75 Å². The topological polar surface area (TPSA) is 65.5 Å². The second-order valence-corrected chi connectivity index (χ2v) is 3.49. The van der Waals surface area contributed by atoms with Crippen LogP contribution in [0.2, 0.25) is 0 Å². The third kappa shape index (κ3) is 2.30. The zero-order chi connectivity index (χ0) is 12.3. The van der Waals surface area contributed by atoms with Crippen LogP contribution in [0, 0.1) is 0 Å². The standard InChI is InChI=1S/C13H13NO3/c1-2-16-11-6-5-9(8-10(11)14)13(15)12-4-3-7-17-12/h3-8H,2,14H2,1H3. The molecule has 0 unspecified atom stereocenters. The molecule has 0 aliphatic rings. The lowest BCUT2D eigenvalue weighted by atomic mass is 10.1. The van der Waals surface area contributed by atoms with Gasteiger partial charge in [-0.15, -0.1) is 0 Å². The van der Waals surface area contributed by atoms with Gasteiger partial charge in [-0.1, -0.05) is 0 Å². The highest BCUT2D eigenvalue weighted by Gasteiger charge is 2.13. The summed E-state index contributed by atoms with van der Waals surface area (Å²) in [6, 6.07) is 8.25. The van der Waals surface area contributed by atoms with Gasteiger partial charge >= 0.3 is 0 Å². The van der Waals surface area contributed by atoms with E-state index in [1.54, 1.807) is 30.3 Å². The molecule has 4 heteroatoms. The summed E-state index contributed by atoms with van der Waals surface area (Å²) in [5.41, 5.74) is 6.73. The average Bonchev–Trinajstić information content (AvgIpc) is 2.84. The SMILES string of the molecule is CCOc1ccc(C(=O)c2ccco2)cc1N. The van der Waals surface area contributed by atoms with Crippen molar-refractivity contribution in [2.45, 2.75) is 6.92 Å². The van der Waals surface area contributed by atoms with Crippen LogP contribution in [0.5, 0.6) is 5.75 Å². The molecule has 0 bridgehead atoms. The van der Waals surface area contributed by atoms with Crippen molar-refractivity contribution in [2.75, 3.05) is 12.3 Å². The largest absolute Gasteiger partial charge is 0.492 e. The molecule has 0 aliphatic carbocycles. The highest BCUT2D eigenvalue weighted by atomic mass is 16.5. The highest BCUT2D eigenvalue weighted by molar-refractivity contribution is 6.07. The minimum Gasteiger partial charge on any atom is -0.492 e. The molecule has 1 heterocycles. The van der Waals surface area contributed by atoms with Gasteiger partial charge in [0, 0.05) is 5.56 Å². The average molecular weight is 231 g/mol. The summed E-state index contributed by atoms with van der Waals surface area (Å²) in [5, 5.41) is 0. The summed E-state index contributed by atoms with van der Waals surface area (Å²) in [6.45, 7) is 2.41. The normalized spacial score (nSPS) is 10.2. The molecule has 88 valence electrons. The summed E-state index contributed by atoms with van der Waals surface area (Å²) in [6.07, 6.45) is 1.46. The number of nitrogen functional groups attached to an aromatic ring is 1. The van der Waals surface area contributed by atoms with Gasteiger partial charge in [0.2, 0.25) is 5.78 Å². The maximum atomic E-state index is 11.9. The smallest absolute Gasteiger partial charge is 0.228 e. The van der Waals surface area contributed by atoms with E-state index in [2.05, 4.69) is 0 Å². The molecule has 0 amide bonds. The number of furan rings is 1. The molecule has 2 rings (SSSR count). The molecule has 4 nitrogen and oxygen atoms in total. The quantitative estimate of drug-likeness (QED) is 0.648. The number of rotatable bonds is 4. The van der Waals surface area contributed by atoms with Crippen molar-refractivity contribution in [1.29, 1.82) is 0 Å².